The Bertz CT molecular complexity index is 623. The van der Waals surface area contributed by atoms with E-state index in [1.807, 2.05) is 19.1 Å². The Morgan fingerprint density at radius 3 is 3.04 bits per heavy atom. The number of rotatable bonds is 7. The molecule has 1 atom stereocenters. The van der Waals surface area contributed by atoms with Crippen LogP contribution in [-0.2, 0) is 11.3 Å². The van der Waals surface area contributed by atoms with Crippen molar-refractivity contribution >= 4 is 34.1 Å². The van der Waals surface area contributed by atoms with E-state index in [-0.39, 0.29) is 11.2 Å². The van der Waals surface area contributed by atoms with E-state index in [4.69, 9.17) is 4.42 Å². The number of hydrogen-bond donors (Lipinski definition) is 2. The summed E-state index contributed by atoms with van der Waals surface area (Å²) in [7, 11) is 0. The Kier molecular flexibility index (Phi) is 5.56. The number of carbonyl (C=O) groups is 1. The van der Waals surface area contributed by atoms with Crippen molar-refractivity contribution in [2.75, 3.05) is 5.32 Å². The third kappa shape index (κ3) is 4.71. The Labute approximate surface area is 143 Å². The van der Waals surface area contributed by atoms with Gasteiger partial charge in [0.05, 0.1) is 18.1 Å². The first kappa shape index (κ1) is 16.3. The van der Waals surface area contributed by atoms with Crippen molar-refractivity contribution in [2.24, 2.45) is 0 Å². The number of anilines is 1. The summed E-state index contributed by atoms with van der Waals surface area (Å²) in [6, 6.07) is 4.10. The second kappa shape index (κ2) is 7.83. The van der Waals surface area contributed by atoms with Crippen LogP contribution in [0.2, 0.25) is 0 Å². The van der Waals surface area contributed by atoms with Gasteiger partial charge in [0.15, 0.2) is 4.34 Å². The fourth-order valence-corrected chi connectivity index (χ4v) is 4.40. The number of nitrogens with zero attached hydrogens (tertiary/aromatic N) is 2. The molecule has 0 spiro atoms. The predicted octanol–water partition coefficient (Wildman–Crippen LogP) is 3.28. The highest BCUT2D eigenvalue weighted by Crippen LogP contribution is 2.29. The van der Waals surface area contributed by atoms with Crippen molar-refractivity contribution in [1.82, 2.24) is 15.5 Å². The molecule has 2 heterocycles. The molecule has 0 aliphatic heterocycles. The average molecular weight is 352 g/mol. The van der Waals surface area contributed by atoms with Crippen molar-refractivity contribution in [2.45, 2.75) is 54.8 Å². The first-order valence-electron chi connectivity index (χ1n) is 7.77. The van der Waals surface area contributed by atoms with Gasteiger partial charge in [-0.15, -0.1) is 10.2 Å². The maximum absolute atomic E-state index is 12.2. The fraction of sp³-hybridized carbons (Fsp3) is 0.533. The zero-order valence-corrected chi connectivity index (χ0v) is 14.6. The van der Waals surface area contributed by atoms with E-state index in [0.29, 0.717) is 12.6 Å². The van der Waals surface area contributed by atoms with E-state index in [9.17, 15) is 4.79 Å². The molecule has 1 saturated carbocycles. The second-order valence-electron chi connectivity index (χ2n) is 5.56. The molecule has 23 heavy (non-hydrogen) atoms. The van der Waals surface area contributed by atoms with Crippen LogP contribution >= 0.6 is 23.1 Å². The molecular weight excluding hydrogens is 332 g/mol. The van der Waals surface area contributed by atoms with Crippen LogP contribution in [0.15, 0.2) is 27.2 Å². The maximum Gasteiger partial charge on any atom is 0.233 e. The van der Waals surface area contributed by atoms with Gasteiger partial charge in [-0.2, -0.15) is 0 Å². The van der Waals surface area contributed by atoms with Gasteiger partial charge in [0.25, 0.3) is 0 Å². The molecule has 124 valence electrons. The minimum atomic E-state index is -0.165. The Morgan fingerprint density at radius 2 is 2.30 bits per heavy atom. The van der Waals surface area contributed by atoms with E-state index < -0.39 is 0 Å². The van der Waals surface area contributed by atoms with Gasteiger partial charge in [0.2, 0.25) is 11.0 Å². The lowest BCUT2D eigenvalue weighted by Crippen LogP contribution is -2.37. The molecule has 0 saturated heterocycles. The summed E-state index contributed by atoms with van der Waals surface area (Å²) in [5, 5.41) is 15.1. The summed E-state index contributed by atoms with van der Waals surface area (Å²) in [4.78, 5) is 12.2. The van der Waals surface area contributed by atoms with E-state index in [1.165, 1.54) is 35.9 Å². The van der Waals surface area contributed by atoms with Crippen LogP contribution in [0.4, 0.5) is 5.13 Å². The van der Waals surface area contributed by atoms with Crippen molar-refractivity contribution in [3.63, 3.8) is 0 Å². The Morgan fingerprint density at radius 1 is 1.48 bits per heavy atom. The van der Waals surface area contributed by atoms with E-state index in [0.717, 1.165) is 28.1 Å². The summed E-state index contributed by atoms with van der Waals surface area (Å²) in [6.07, 6.45) is 6.27. The third-order valence-electron chi connectivity index (χ3n) is 3.75. The van der Waals surface area contributed by atoms with Gasteiger partial charge in [-0.3, -0.25) is 4.79 Å². The summed E-state index contributed by atoms with van der Waals surface area (Å²) >= 11 is 2.90. The standard InChI is InChI=1S/C15H20N4O2S2/c1-10(13(20)17-11-5-2-3-6-11)22-15-19-18-14(23-15)16-9-12-7-4-8-21-12/h4,7-8,10-11H,2-3,5-6,9H2,1H3,(H,16,18)(H,17,20). The van der Waals surface area contributed by atoms with Crippen LogP contribution in [-0.4, -0.2) is 27.4 Å². The third-order valence-corrected chi connectivity index (χ3v) is 5.81. The van der Waals surface area contributed by atoms with Crippen molar-refractivity contribution in [3.05, 3.63) is 24.2 Å². The summed E-state index contributed by atoms with van der Waals surface area (Å²) < 4.78 is 6.05. The first-order chi connectivity index (χ1) is 11.2. The topological polar surface area (TPSA) is 80.1 Å². The quantitative estimate of drug-likeness (QED) is 0.745. The minimum Gasteiger partial charge on any atom is -0.467 e. The molecular formula is C15H20N4O2S2. The van der Waals surface area contributed by atoms with Gasteiger partial charge in [-0.05, 0) is 31.9 Å². The minimum absolute atomic E-state index is 0.0854. The van der Waals surface area contributed by atoms with Crippen LogP contribution in [0, 0.1) is 0 Å². The SMILES string of the molecule is CC(Sc1nnc(NCc2ccco2)s1)C(=O)NC1CCCC1. The molecule has 2 aromatic rings. The van der Waals surface area contributed by atoms with Crippen LogP contribution in [0.25, 0.3) is 0 Å². The zero-order chi connectivity index (χ0) is 16.1. The number of aromatic nitrogens is 2. The van der Waals surface area contributed by atoms with Crippen molar-refractivity contribution < 1.29 is 9.21 Å². The molecule has 2 aromatic heterocycles. The predicted molar refractivity (Wildman–Crippen MR) is 91.7 cm³/mol. The average Bonchev–Trinajstić information content (AvgIpc) is 3.28. The molecule has 0 bridgehead atoms. The summed E-state index contributed by atoms with van der Waals surface area (Å²) in [5.41, 5.74) is 0. The molecule has 0 aromatic carbocycles. The Hall–Kier alpha value is -1.54. The van der Waals surface area contributed by atoms with Gasteiger partial charge in [-0.1, -0.05) is 35.9 Å². The van der Waals surface area contributed by atoms with Crippen LogP contribution in [0.1, 0.15) is 38.4 Å². The monoisotopic (exact) mass is 352 g/mol. The van der Waals surface area contributed by atoms with E-state index >= 15 is 0 Å². The number of hydrogen-bond acceptors (Lipinski definition) is 7. The molecule has 6 nitrogen and oxygen atoms in total. The maximum atomic E-state index is 12.2. The highest BCUT2D eigenvalue weighted by molar-refractivity contribution is 8.02. The number of thioether (sulfide) groups is 1. The second-order valence-corrected chi connectivity index (χ2v) is 8.12. The molecule has 1 aliphatic carbocycles. The lowest BCUT2D eigenvalue weighted by molar-refractivity contribution is -0.120. The van der Waals surface area contributed by atoms with Gasteiger partial charge in [-0.25, -0.2) is 0 Å². The fourth-order valence-electron chi connectivity index (χ4n) is 2.50. The molecule has 2 N–H and O–H groups in total. The van der Waals surface area contributed by atoms with Crippen LogP contribution in [0.5, 0.6) is 0 Å². The molecule has 1 amide bonds. The molecule has 0 radical (unpaired) electrons. The van der Waals surface area contributed by atoms with Crippen molar-refractivity contribution in [1.29, 1.82) is 0 Å². The largest absolute Gasteiger partial charge is 0.467 e. The molecule has 1 aliphatic rings. The van der Waals surface area contributed by atoms with E-state index in [2.05, 4.69) is 20.8 Å². The smallest absolute Gasteiger partial charge is 0.233 e. The number of amides is 1. The van der Waals surface area contributed by atoms with Gasteiger partial charge >= 0.3 is 0 Å². The normalized spacial score (nSPS) is 16.4. The number of nitrogens with one attached hydrogen (secondary N) is 2. The van der Waals surface area contributed by atoms with Gasteiger partial charge in [0, 0.05) is 6.04 Å². The summed E-state index contributed by atoms with van der Waals surface area (Å²) in [5.74, 6) is 0.931. The molecule has 3 rings (SSSR count). The van der Waals surface area contributed by atoms with Crippen LogP contribution < -0.4 is 10.6 Å². The number of furan rings is 1. The molecule has 8 heteroatoms. The first-order valence-corrected chi connectivity index (χ1v) is 9.47. The van der Waals surface area contributed by atoms with Crippen LogP contribution in [0.3, 0.4) is 0 Å². The highest BCUT2D eigenvalue weighted by atomic mass is 32.2. The van der Waals surface area contributed by atoms with Gasteiger partial charge in [0.1, 0.15) is 5.76 Å². The number of carbonyl (C=O) groups excluding carboxylic acids is 1. The molecule has 1 fully saturated rings. The zero-order valence-electron chi connectivity index (χ0n) is 12.9. The van der Waals surface area contributed by atoms with Crippen molar-refractivity contribution in [3.8, 4) is 0 Å². The lowest BCUT2D eigenvalue weighted by Gasteiger charge is -2.15. The lowest BCUT2D eigenvalue weighted by atomic mass is 10.2. The summed E-state index contributed by atoms with van der Waals surface area (Å²) in [6.45, 7) is 2.48. The van der Waals surface area contributed by atoms with Gasteiger partial charge < -0.3 is 15.1 Å². The van der Waals surface area contributed by atoms with E-state index in [1.54, 1.807) is 6.26 Å². The Balaban J connectivity index is 1.46. The molecule has 1 unspecified atom stereocenters. The highest BCUT2D eigenvalue weighted by Gasteiger charge is 2.22.